The van der Waals surface area contributed by atoms with E-state index in [0.29, 0.717) is 17.7 Å². The Morgan fingerprint density at radius 2 is 2.33 bits per heavy atom. The topological polar surface area (TPSA) is 63.1 Å². The van der Waals surface area contributed by atoms with Gasteiger partial charge in [0.05, 0.1) is 0 Å². The highest BCUT2D eigenvalue weighted by Crippen LogP contribution is 2.22. The number of thioether (sulfide) groups is 1. The molecule has 15 heavy (non-hydrogen) atoms. The first kappa shape index (κ1) is 12.2. The Morgan fingerprint density at radius 1 is 1.60 bits per heavy atom. The molecule has 1 rings (SSSR count). The van der Waals surface area contributed by atoms with E-state index < -0.39 is 5.97 Å². The van der Waals surface area contributed by atoms with Crippen LogP contribution in [0.4, 0.5) is 0 Å². The van der Waals surface area contributed by atoms with Gasteiger partial charge in [0.1, 0.15) is 5.01 Å². The number of carbonyl (C=O) groups is 1. The predicted octanol–water partition coefficient (Wildman–Crippen LogP) is 2.36. The lowest BCUT2D eigenvalue weighted by Crippen LogP contribution is -1.99. The quantitative estimate of drug-likeness (QED) is 0.636. The molecular formula is C9H12N2O2S2. The molecular weight excluding hydrogens is 232 g/mol. The van der Waals surface area contributed by atoms with Crippen LogP contribution in [0.2, 0.25) is 0 Å². The minimum Gasteiger partial charge on any atom is -0.478 e. The molecule has 0 atom stereocenters. The molecule has 0 aliphatic rings. The van der Waals surface area contributed by atoms with Crippen molar-refractivity contribution in [1.82, 2.24) is 10.2 Å². The van der Waals surface area contributed by atoms with Gasteiger partial charge in [-0.15, -0.1) is 10.2 Å². The third-order valence-corrected chi connectivity index (χ3v) is 3.60. The van der Waals surface area contributed by atoms with Crippen LogP contribution in [0.25, 0.3) is 0 Å². The van der Waals surface area contributed by atoms with E-state index in [1.54, 1.807) is 6.08 Å². The van der Waals surface area contributed by atoms with E-state index in [1.807, 2.05) is 13.8 Å². The molecule has 0 unspecified atom stereocenters. The molecule has 0 fully saturated rings. The van der Waals surface area contributed by atoms with Crippen LogP contribution in [0.15, 0.2) is 16.0 Å². The molecule has 0 amide bonds. The number of carboxylic acids is 1. The molecule has 0 aromatic carbocycles. The van der Waals surface area contributed by atoms with Gasteiger partial charge in [0.2, 0.25) is 0 Å². The average Bonchev–Trinajstić information content (AvgIpc) is 2.58. The van der Waals surface area contributed by atoms with Crippen LogP contribution >= 0.6 is 23.1 Å². The molecule has 0 radical (unpaired) electrons. The van der Waals surface area contributed by atoms with Gasteiger partial charge < -0.3 is 5.11 Å². The van der Waals surface area contributed by atoms with Crippen LogP contribution in [0.5, 0.6) is 0 Å². The normalized spacial score (nSPS) is 11.7. The van der Waals surface area contributed by atoms with E-state index in [4.69, 9.17) is 5.11 Å². The van der Waals surface area contributed by atoms with Gasteiger partial charge in [-0.25, -0.2) is 4.79 Å². The molecule has 6 heteroatoms. The highest BCUT2D eigenvalue weighted by atomic mass is 32.2. The molecule has 82 valence electrons. The molecule has 1 aromatic heterocycles. The summed E-state index contributed by atoms with van der Waals surface area (Å²) >= 11 is 3.03. The largest absolute Gasteiger partial charge is 0.478 e. The minimum atomic E-state index is -0.841. The van der Waals surface area contributed by atoms with Gasteiger partial charge in [-0.05, 0) is 13.3 Å². The van der Waals surface area contributed by atoms with Crippen LogP contribution in [-0.2, 0) is 4.79 Å². The number of carboxylic acid groups (broad SMARTS) is 1. The van der Waals surface area contributed by atoms with Crippen molar-refractivity contribution in [2.75, 3.05) is 5.75 Å². The van der Waals surface area contributed by atoms with E-state index in [1.165, 1.54) is 23.1 Å². The fraction of sp³-hybridized carbons (Fsp3) is 0.444. The van der Waals surface area contributed by atoms with Crippen molar-refractivity contribution in [1.29, 1.82) is 0 Å². The number of aliphatic carboxylic acids is 1. The summed E-state index contributed by atoms with van der Waals surface area (Å²) in [6.07, 6.45) is 2.27. The standard InChI is InChI=1S/C9H12N2O2S2/c1-3-7(8(12)13)4-5-14-9-11-10-6(2)15-9/h4H,3,5H2,1-2H3,(H,12,13). The van der Waals surface area contributed by atoms with Crippen LogP contribution in [0, 0.1) is 6.92 Å². The lowest BCUT2D eigenvalue weighted by molar-refractivity contribution is -0.132. The third kappa shape index (κ3) is 4.01. The molecule has 1 N–H and O–H groups in total. The SMILES string of the molecule is CCC(=CCSc1nnc(C)s1)C(=O)O. The monoisotopic (exact) mass is 244 g/mol. The Bertz CT molecular complexity index is 374. The van der Waals surface area contributed by atoms with Crippen molar-refractivity contribution >= 4 is 29.1 Å². The second kappa shape index (κ2) is 5.87. The Kier molecular flexibility index (Phi) is 4.77. The molecule has 1 heterocycles. The number of aromatic nitrogens is 2. The lowest BCUT2D eigenvalue weighted by Gasteiger charge is -1.96. The number of nitrogens with zero attached hydrogens (tertiary/aromatic N) is 2. The second-order valence-corrected chi connectivity index (χ2v) is 5.23. The third-order valence-electron chi connectivity index (χ3n) is 1.70. The Labute approximate surface area is 96.4 Å². The predicted molar refractivity (Wildman–Crippen MR) is 61.4 cm³/mol. The van der Waals surface area contributed by atoms with Gasteiger partial charge in [-0.1, -0.05) is 36.1 Å². The van der Waals surface area contributed by atoms with Gasteiger partial charge in [-0.2, -0.15) is 0 Å². The van der Waals surface area contributed by atoms with E-state index in [2.05, 4.69) is 10.2 Å². The number of hydrogen-bond donors (Lipinski definition) is 1. The summed E-state index contributed by atoms with van der Waals surface area (Å²) in [5.74, 6) is -0.212. The summed E-state index contributed by atoms with van der Waals surface area (Å²) in [7, 11) is 0. The lowest BCUT2D eigenvalue weighted by atomic mass is 10.2. The van der Waals surface area contributed by atoms with Crippen molar-refractivity contribution in [3.8, 4) is 0 Å². The summed E-state index contributed by atoms with van der Waals surface area (Å²) in [5, 5.41) is 17.5. The van der Waals surface area contributed by atoms with Crippen molar-refractivity contribution in [2.45, 2.75) is 24.6 Å². The zero-order valence-corrected chi connectivity index (χ0v) is 10.2. The summed E-state index contributed by atoms with van der Waals surface area (Å²) in [6, 6.07) is 0. The van der Waals surface area contributed by atoms with E-state index in [0.717, 1.165) is 9.35 Å². The van der Waals surface area contributed by atoms with Crippen LogP contribution < -0.4 is 0 Å². The van der Waals surface area contributed by atoms with Gasteiger partial charge in [-0.3, -0.25) is 0 Å². The van der Waals surface area contributed by atoms with Crippen molar-refractivity contribution in [3.63, 3.8) is 0 Å². The second-order valence-electron chi connectivity index (χ2n) is 2.79. The first-order chi connectivity index (χ1) is 7.13. The maximum atomic E-state index is 10.7. The molecule has 0 bridgehead atoms. The van der Waals surface area contributed by atoms with Gasteiger partial charge in [0, 0.05) is 11.3 Å². The van der Waals surface area contributed by atoms with E-state index in [9.17, 15) is 4.79 Å². The van der Waals surface area contributed by atoms with Crippen LogP contribution in [0.1, 0.15) is 18.4 Å². The smallest absolute Gasteiger partial charge is 0.331 e. The van der Waals surface area contributed by atoms with Crippen molar-refractivity contribution in [3.05, 3.63) is 16.7 Å². The Hall–Kier alpha value is -0.880. The minimum absolute atomic E-state index is 0.448. The van der Waals surface area contributed by atoms with Gasteiger partial charge in [0.25, 0.3) is 0 Å². The zero-order valence-electron chi connectivity index (χ0n) is 8.56. The molecule has 0 aliphatic carbocycles. The summed E-state index contributed by atoms with van der Waals surface area (Å²) in [4.78, 5) is 10.7. The molecule has 4 nitrogen and oxygen atoms in total. The van der Waals surface area contributed by atoms with Crippen LogP contribution in [0.3, 0.4) is 0 Å². The maximum absolute atomic E-state index is 10.7. The van der Waals surface area contributed by atoms with E-state index in [-0.39, 0.29) is 0 Å². The summed E-state index contributed by atoms with van der Waals surface area (Å²) in [5.41, 5.74) is 0.448. The molecule has 0 aliphatic heterocycles. The fourth-order valence-corrected chi connectivity index (χ4v) is 2.68. The molecule has 1 aromatic rings. The summed E-state index contributed by atoms with van der Waals surface area (Å²) in [6.45, 7) is 3.73. The van der Waals surface area contributed by atoms with Gasteiger partial charge >= 0.3 is 5.97 Å². The van der Waals surface area contributed by atoms with Crippen LogP contribution in [-0.4, -0.2) is 27.0 Å². The fourth-order valence-electron chi connectivity index (χ4n) is 0.933. The highest BCUT2D eigenvalue weighted by molar-refractivity contribution is 8.01. The van der Waals surface area contributed by atoms with Crippen molar-refractivity contribution in [2.24, 2.45) is 0 Å². The number of rotatable bonds is 5. The summed E-state index contributed by atoms with van der Waals surface area (Å²) < 4.78 is 0.879. The number of hydrogen-bond acceptors (Lipinski definition) is 5. The highest BCUT2D eigenvalue weighted by Gasteiger charge is 2.04. The molecule has 0 saturated heterocycles. The van der Waals surface area contributed by atoms with Crippen molar-refractivity contribution < 1.29 is 9.90 Å². The molecule has 0 spiro atoms. The Morgan fingerprint density at radius 3 is 2.80 bits per heavy atom. The first-order valence-electron chi connectivity index (χ1n) is 4.48. The molecule has 0 saturated carbocycles. The first-order valence-corrected chi connectivity index (χ1v) is 6.29. The average molecular weight is 244 g/mol. The van der Waals surface area contributed by atoms with E-state index >= 15 is 0 Å². The Balaban J connectivity index is 2.47. The van der Waals surface area contributed by atoms with Gasteiger partial charge in [0.15, 0.2) is 4.34 Å². The number of aryl methyl sites for hydroxylation is 1. The maximum Gasteiger partial charge on any atom is 0.331 e. The zero-order chi connectivity index (χ0) is 11.3.